The van der Waals surface area contributed by atoms with Gasteiger partial charge in [0.2, 0.25) is 5.91 Å². The van der Waals surface area contributed by atoms with Crippen molar-refractivity contribution in [2.45, 2.75) is 6.92 Å². The third-order valence-corrected chi connectivity index (χ3v) is 6.37. The van der Waals surface area contributed by atoms with Gasteiger partial charge in [-0.05, 0) is 42.6 Å². The molecule has 0 spiro atoms. The maximum atomic E-state index is 12.4. The van der Waals surface area contributed by atoms with E-state index < -0.39 is 0 Å². The molecule has 1 fully saturated rings. The Morgan fingerprint density at radius 2 is 2.11 bits per heavy atom. The van der Waals surface area contributed by atoms with Crippen LogP contribution in [0.4, 0.5) is 5.13 Å². The molecule has 0 saturated carbocycles. The van der Waals surface area contributed by atoms with Gasteiger partial charge in [-0.25, -0.2) is 4.98 Å². The van der Waals surface area contributed by atoms with Crippen molar-refractivity contribution in [3.63, 3.8) is 0 Å². The van der Waals surface area contributed by atoms with Crippen molar-refractivity contribution in [2.75, 3.05) is 37.7 Å². The Labute approximate surface area is 166 Å². The summed E-state index contributed by atoms with van der Waals surface area (Å²) < 4.78 is 6.71. The summed E-state index contributed by atoms with van der Waals surface area (Å²) in [5.74, 6) is 0.960. The van der Waals surface area contributed by atoms with Gasteiger partial charge in [0.05, 0.1) is 16.8 Å². The minimum atomic E-state index is 0.0775. The first-order chi connectivity index (χ1) is 13.2. The van der Waals surface area contributed by atoms with Gasteiger partial charge in [-0.15, -0.1) is 11.3 Å². The molecule has 5 nitrogen and oxygen atoms in total. The van der Waals surface area contributed by atoms with Crippen LogP contribution in [0.5, 0.6) is 5.75 Å². The van der Waals surface area contributed by atoms with E-state index in [0.29, 0.717) is 19.7 Å². The number of benzene rings is 1. The first-order valence-corrected chi connectivity index (χ1v) is 10.7. The predicted molar refractivity (Wildman–Crippen MR) is 113 cm³/mol. The van der Waals surface area contributed by atoms with E-state index in [1.807, 2.05) is 47.5 Å². The first-order valence-electron chi connectivity index (χ1n) is 9.02. The third-order valence-electron chi connectivity index (χ3n) is 4.45. The van der Waals surface area contributed by atoms with E-state index in [4.69, 9.17) is 9.72 Å². The molecule has 0 bridgehead atoms. The van der Waals surface area contributed by atoms with Crippen LogP contribution in [0.15, 0.2) is 41.8 Å². The second kappa shape index (κ2) is 8.10. The van der Waals surface area contributed by atoms with Gasteiger partial charge in [0.25, 0.3) is 0 Å². The summed E-state index contributed by atoms with van der Waals surface area (Å²) in [5.41, 5.74) is 0.996. The Kier molecular flexibility index (Phi) is 5.40. The number of piperazine rings is 1. The fraction of sp³-hybridized carbons (Fsp3) is 0.300. The van der Waals surface area contributed by atoms with E-state index in [0.717, 1.165) is 39.1 Å². The van der Waals surface area contributed by atoms with Crippen LogP contribution in [0.25, 0.3) is 16.3 Å². The van der Waals surface area contributed by atoms with Gasteiger partial charge in [-0.1, -0.05) is 17.4 Å². The van der Waals surface area contributed by atoms with Gasteiger partial charge in [0, 0.05) is 37.1 Å². The van der Waals surface area contributed by atoms with Crippen molar-refractivity contribution in [1.82, 2.24) is 9.88 Å². The summed E-state index contributed by atoms with van der Waals surface area (Å²) >= 11 is 3.31. The second-order valence-corrected chi connectivity index (χ2v) is 8.21. The molecule has 1 aliphatic heterocycles. The molecule has 1 aromatic carbocycles. The molecule has 0 unspecified atom stereocenters. The zero-order chi connectivity index (χ0) is 18.6. The molecule has 0 aliphatic carbocycles. The Bertz CT molecular complexity index is 941. The largest absolute Gasteiger partial charge is 0.494 e. The summed E-state index contributed by atoms with van der Waals surface area (Å²) in [7, 11) is 0. The van der Waals surface area contributed by atoms with Gasteiger partial charge in [-0.3, -0.25) is 4.79 Å². The molecule has 1 amide bonds. The van der Waals surface area contributed by atoms with Gasteiger partial charge < -0.3 is 14.5 Å². The van der Waals surface area contributed by atoms with Crippen LogP contribution in [0.2, 0.25) is 0 Å². The minimum absolute atomic E-state index is 0.0775. The monoisotopic (exact) mass is 399 g/mol. The number of aromatic nitrogens is 1. The number of carbonyl (C=O) groups excluding carboxylic acids is 1. The quantitative estimate of drug-likeness (QED) is 0.606. The molecule has 7 heteroatoms. The predicted octanol–water partition coefficient (Wildman–Crippen LogP) is 4.12. The van der Waals surface area contributed by atoms with Crippen molar-refractivity contribution < 1.29 is 9.53 Å². The van der Waals surface area contributed by atoms with Gasteiger partial charge in [0.1, 0.15) is 5.75 Å². The van der Waals surface area contributed by atoms with E-state index in [9.17, 15) is 4.79 Å². The van der Waals surface area contributed by atoms with E-state index >= 15 is 0 Å². The molecular weight excluding hydrogens is 378 g/mol. The molecule has 0 N–H and O–H groups in total. The Morgan fingerprint density at radius 1 is 1.26 bits per heavy atom. The normalized spacial score (nSPS) is 15.0. The minimum Gasteiger partial charge on any atom is -0.494 e. The molecule has 4 rings (SSSR count). The fourth-order valence-electron chi connectivity index (χ4n) is 3.05. The lowest BCUT2D eigenvalue weighted by molar-refractivity contribution is -0.126. The van der Waals surface area contributed by atoms with Crippen molar-refractivity contribution in [3.05, 3.63) is 46.7 Å². The summed E-state index contributed by atoms with van der Waals surface area (Å²) in [4.78, 5) is 22.4. The van der Waals surface area contributed by atoms with E-state index in [1.54, 1.807) is 28.7 Å². The van der Waals surface area contributed by atoms with Gasteiger partial charge >= 0.3 is 0 Å². The number of amides is 1. The highest BCUT2D eigenvalue weighted by molar-refractivity contribution is 7.22. The average molecular weight is 400 g/mol. The van der Waals surface area contributed by atoms with Crippen LogP contribution in [-0.4, -0.2) is 48.6 Å². The maximum Gasteiger partial charge on any atom is 0.246 e. The molecule has 2 aromatic heterocycles. The van der Waals surface area contributed by atoms with Crippen LogP contribution in [0.1, 0.15) is 11.8 Å². The Hall–Kier alpha value is -2.38. The molecule has 3 heterocycles. The molecule has 0 atom stereocenters. The van der Waals surface area contributed by atoms with Crippen LogP contribution in [-0.2, 0) is 4.79 Å². The highest BCUT2D eigenvalue weighted by Crippen LogP contribution is 2.32. The molecule has 140 valence electrons. The number of hydrogen-bond donors (Lipinski definition) is 0. The highest BCUT2D eigenvalue weighted by Gasteiger charge is 2.22. The number of nitrogens with zero attached hydrogens (tertiary/aromatic N) is 3. The van der Waals surface area contributed by atoms with Crippen molar-refractivity contribution >= 4 is 50.0 Å². The van der Waals surface area contributed by atoms with Gasteiger partial charge in [0.15, 0.2) is 5.13 Å². The number of carbonyl (C=O) groups is 1. The smallest absolute Gasteiger partial charge is 0.246 e. The average Bonchev–Trinajstić information content (AvgIpc) is 3.36. The van der Waals surface area contributed by atoms with E-state index in [1.165, 1.54) is 0 Å². The second-order valence-electron chi connectivity index (χ2n) is 6.22. The molecule has 0 radical (unpaired) electrons. The first kappa shape index (κ1) is 18.0. The summed E-state index contributed by atoms with van der Waals surface area (Å²) in [6.07, 6.45) is 3.57. The number of fused-ring (bicyclic) bond motifs is 1. The lowest BCUT2D eigenvalue weighted by Crippen LogP contribution is -2.48. The third kappa shape index (κ3) is 4.14. The van der Waals surface area contributed by atoms with E-state index in [2.05, 4.69) is 11.0 Å². The number of thiophene rings is 1. The lowest BCUT2D eigenvalue weighted by atomic mass is 10.3. The standard InChI is InChI=1S/C20H21N3O2S2/c1-2-25-15-5-7-17-18(14-15)27-20(21-17)23-11-9-22(10-12-23)19(24)8-6-16-4-3-13-26-16/h3-8,13-14H,2,9-12H2,1H3. The van der Waals surface area contributed by atoms with E-state index in [-0.39, 0.29) is 5.91 Å². The Balaban J connectivity index is 1.38. The summed E-state index contributed by atoms with van der Waals surface area (Å²) in [6.45, 7) is 5.68. The molecule has 1 saturated heterocycles. The Morgan fingerprint density at radius 3 is 2.85 bits per heavy atom. The highest BCUT2D eigenvalue weighted by atomic mass is 32.1. The number of ether oxygens (including phenoxy) is 1. The van der Waals surface area contributed by atoms with Crippen LogP contribution in [0.3, 0.4) is 0 Å². The molecule has 1 aliphatic rings. The number of thiazole rings is 1. The summed E-state index contributed by atoms with van der Waals surface area (Å²) in [6, 6.07) is 10.0. The van der Waals surface area contributed by atoms with Crippen molar-refractivity contribution in [1.29, 1.82) is 0 Å². The maximum absolute atomic E-state index is 12.4. The van der Waals surface area contributed by atoms with Crippen LogP contribution in [0, 0.1) is 0 Å². The number of rotatable bonds is 5. The van der Waals surface area contributed by atoms with Gasteiger partial charge in [-0.2, -0.15) is 0 Å². The lowest BCUT2D eigenvalue weighted by Gasteiger charge is -2.34. The summed E-state index contributed by atoms with van der Waals surface area (Å²) in [5, 5.41) is 3.03. The molecule has 3 aromatic rings. The topological polar surface area (TPSA) is 45.7 Å². The van der Waals surface area contributed by atoms with Crippen molar-refractivity contribution in [3.8, 4) is 5.75 Å². The molecular formula is C20H21N3O2S2. The number of anilines is 1. The SMILES string of the molecule is CCOc1ccc2nc(N3CCN(C(=O)C=Cc4cccs4)CC3)sc2c1. The van der Waals surface area contributed by atoms with Crippen LogP contribution >= 0.6 is 22.7 Å². The number of hydrogen-bond acceptors (Lipinski definition) is 6. The fourth-order valence-corrected chi connectivity index (χ4v) is 4.71. The van der Waals surface area contributed by atoms with Crippen molar-refractivity contribution in [2.24, 2.45) is 0 Å². The zero-order valence-corrected chi connectivity index (χ0v) is 16.8. The van der Waals surface area contributed by atoms with Crippen LogP contribution < -0.4 is 9.64 Å². The molecule has 27 heavy (non-hydrogen) atoms. The zero-order valence-electron chi connectivity index (χ0n) is 15.1.